The van der Waals surface area contributed by atoms with Crippen molar-refractivity contribution in [1.29, 1.82) is 0 Å². The fourth-order valence-electron chi connectivity index (χ4n) is 1.27. The maximum absolute atomic E-state index is 11.9. The molecule has 0 heterocycles. The Balaban J connectivity index is 2.59. The minimum absolute atomic E-state index is 0.409. The molecule has 0 aliphatic heterocycles. The van der Waals surface area contributed by atoms with E-state index in [4.69, 9.17) is 10.5 Å². The van der Waals surface area contributed by atoms with Gasteiger partial charge in [0.05, 0.1) is 0 Å². The smallest absolute Gasteiger partial charge is 0.329 e. The largest absolute Gasteiger partial charge is 0.451 e. The topological polar surface area (TPSA) is 98.5 Å². The Hall–Kier alpha value is -1.89. The lowest BCUT2D eigenvalue weighted by Crippen LogP contribution is -2.42. The number of rotatable bonds is 5. The number of esters is 1. The molecule has 0 radical (unpaired) electrons. The third-order valence-electron chi connectivity index (χ3n) is 2.50. The van der Waals surface area contributed by atoms with Crippen molar-refractivity contribution in [1.82, 2.24) is 5.32 Å². The van der Waals surface area contributed by atoms with Gasteiger partial charge < -0.3 is 15.8 Å². The maximum atomic E-state index is 11.9. The Morgan fingerprint density at radius 3 is 2.25 bits per heavy atom. The van der Waals surface area contributed by atoms with Gasteiger partial charge in [-0.25, -0.2) is 4.79 Å². The minimum Gasteiger partial charge on any atom is -0.451 e. The molecule has 20 heavy (non-hydrogen) atoms. The molecule has 0 saturated carbocycles. The standard InChI is InChI=1S/C13H15BrN2O4/c1-7(13(19)20-8(2)11(15)17)16-12(18)9-3-5-10(14)6-4-9/h3-8H,1-2H3,(H2,15,17)(H,16,18)/t7-,8+/m0/s1. The zero-order valence-electron chi connectivity index (χ0n) is 11.1. The molecule has 2 atom stereocenters. The van der Waals surface area contributed by atoms with Crippen LogP contribution in [0.15, 0.2) is 28.7 Å². The van der Waals surface area contributed by atoms with Gasteiger partial charge in [0.1, 0.15) is 6.04 Å². The number of primary amides is 1. The highest BCUT2D eigenvalue weighted by Gasteiger charge is 2.22. The Labute approximate surface area is 124 Å². The van der Waals surface area contributed by atoms with Crippen molar-refractivity contribution in [3.05, 3.63) is 34.3 Å². The normalized spacial score (nSPS) is 13.2. The summed E-state index contributed by atoms with van der Waals surface area (Å²) >= 11 is 3.26. The van der Waals surface area contributed by atoms with Crippen molar-refractivity contribution < 1.29 is 19.1 Å². The fourth-order valence-corrected chi connectivity index (χ4v) is 1.54. The van der Waals surface area contributed by atoms with Crippen LogP contribution in [0.2, 0.25) is 0 Å². The van der Waals surface area contributed by atoms with E-state index in [0.29, 0.717) is 5.56 Å². The van der Waals surface area contributed by atoms with Crippen LogP contribution in [-0.2, 0) is 14.3 Å². The number of benzene rings is 1. The number of hydrogen-bond donors (Lipinski definition) is 2. The molecule has 7 heteroatoms. The number of carbonyl (C=O) groups excluding carboxylic acids is 3. The van der Waals surface area contributed by atoms with Crippen LogP contribution in [0.1, 0.15) is 24.2 Å². The Morgan fingerprint density at radius 2 is 1.75 bits per heavy atom. The van der Waals surface area contributed by atoms with Crippen molar-refractivity contribution in [2.24, 2.45) is 5.73 Å². The first-order chi connectivity index (χ1) is 9.31. The summed E-state index contributed by atoms with van der Waals surface area (Å²) in [5.74, 6) is -1.87. The second-order valence-electron chi connectivity index (χ2n) is 4.18. The number of ether oxygens (including phenoxy) is 1. The summed E-state index contributed by atoms with van der Waals surface area (Å²) in [5.41, 5.74) is 5.40. The Morgan fingerprint density at radius 1 is 1.20 bits per heavy atom. The van der Waals surface area contributed by atoms with Gasteiger partial charge in [0.2, 0.25) is 0 Å². The summed E-state index contributed by atoms with van der Waals surface area (Å²) in [6.07, 6.45) is -1.03. The van der Waals surface area contributed by atoms with E-state index in [1.807, 2.05) is 0 Å². The van der Waals surface area contributed by atoms with E-state index < -0.39 is 29.9 Å². The molecular formula is C13H15BrN2O4. The van der Waals surface area contributed by atoms with Crippen LogP contribution >= 0.6 is 15.9 Å². The Kier molecular flexibility index (Phi) is 5.69. The number of carbonyl (C=O) groups is 3. The van der Waals surface area contributed by atoms with E-state index >= 15 is 0 Å². The molecule has 0 aliphatic rings. The first kappa shape index (κ1) is 16.2. The van der Waals surface area contributed by atoms with Gasteiger partial charge in [-0.1, -0.05) is 15.9 Å². The lowest BCUT2D eigenvalue weighted by Gasteiger charge is -2.15. The third kappa shape index (κ3) is 4.65. The van der Waals surface area contributed by atoms with Gasteiger partial charge in [-0.15, -0.1) is 0 Å². The van der Waals surface area contributed by atoms with Gasteiger partial charge in [0, 0.05) is 10.0 Å². The average molecular weight is 343 g/mol. The molecule has 108 valence electrons. The maximum Gasteiger partial charge on any atom is 0.329 e. The van der Waals surface area contributed by atoms with Crippen molar-refractivity contribution in [2.45, 2.75) is 26.0 Å². The van der Waals surface area contributed by atoms with Crippen LogP contribution in [0.4, 0.5) is 0 Å². The third-order valence-corrected chi connectivity index (χ3v) is 3.03. The SMILES string of the molecule is C[C@H](NC(=O)c1ccc(Br)cc1)C(=O)O[C@H](C)C(N)=O. The quantitative estimate of drug-likeness (QED) is 0.779. The predicted molar refractivity (Wildman–Crippen MR) is 75.8 cm³/mol. The highest BCUT2D eigenvalue weighted by Crippen LogP contribution is 2.10. The zero-order chi connectivity index (χ0) is 15.3. The molecule has 6 nitrogen and oxygen atoms in total. The minimum atomic E-state index is -1.03. The summed E-state index contributed by atoms with van der Waals surface area (Å²) in [4.78, 5) is 34.3. The van der Waals surface area contributed by atoms with Crippen LogP contribution in [0.3, 0.4) is 0 Å². The summed E-state index contributed by atoms with van der Waals surface area (Å²) in [6.45, 7) is 2.83. The molecule has 0 spiro atoms. The molecule has 0 unspecified atom stereocenters. The van der Waals surface area contributed by atoms with Crippen molar-refractivity contribution in [3.8, 4) is 0 Å². The molecule has 0 fully saturated rings. The van der Waals surface area contributed by atoms with Gasteiger partial charge in [-0.3, -0.25) is 9.59 Å². The van der Waals surface area contributed by atoms with Crippen molar-refractivity contribution in [2.75, 3.05) is 0 Å². The van der Waals surface area contributed by atoms with Gasteiger partial charge in [0.15, 0.2) is 6.10 Å². The van der Waals surface area contributed by atoms with Crippen LogP contribution in [0.5, 0.6) is 0 Å². The van der Waals surface area contributed by atoms with E-state index in [1.54, 1.807) is 24.3 Å². The van der Waals surface area contributed by atoms with Crippen molar-refractivity contribution in [3.63, 3.8) is 0 Å². The lowest BCUT2D eigenvalue weighted by atomic mass is 10.2. The van der Waals surface area contributed by atoms with E-state index in [-0.39, 0.29) is 0 Å². The highest BCUT2D eigenvalue weighted by atomic mass is 79.9. The number of hydrogen-bond acceptors (Lipinski definition) is 4. The van der Waals surface area contributed by atoms with Gasteiger partial charge >= 0.3 is 5.97 Å². The Bertz CT molecular complexity index is 516. The molecule has 0 saturated heterocycles. The first-order valence-electron chi connectivity index (χ1n) is 5.87. The van der Waals surface area contributed by atoms with Gasteiger partial charge in [-0.2, -0.15) is 0 Å². The summed E-state index contributed by atoms with van der Waals surface area (Å²) < 4.78 is 5.64. The molecule has 0 aromatic heterocycles. The van der Waals surface area contributed by atoms with Crippen LogP contribution in [0, 0.1) is 0 Å². The first-order valence-corrected chi connectivity index (χ1v) is 6.66. The van der Waals surface area contributed by atoms with E-state index in [9.17, 15) is 14.4 Å². The van der Waals surface area contributed by atoms with E-state index in [1.165, 1.54) is 13.8 Å². The predicted octanol–water partition coefficient (Wildman–Crippen LogP) is 0.984. The monoisotopic (exact) mass is 342 g/mol. The molecular weight excluding hydrogens is 328 g/mol. The summed E-state index contributed by atoms with van der Waals surface area (Å²) in [6, 6.07) is 5.78. The number of nitrogens with one attached hydrogen (secondary N) is 1. The second-order valence-corrected chi connectivity index (χ2v) is 5.10. The zero-order valence-corrected chi connectivity index (χ0v) is 12.6. The highest BCUT2D eigenvalue weighted by molar-refractivity contribution is 9.10. The number of halogens is 1. The van der Waals surface area contributed by atoms with E-state index in [2.05, 4.69) is 21.2 Å². The van der Waals surface area contributed by atoms with Crippen LogP contribution < -0.4 is 11.1 Å². The van der Waals surface area contributed by atoms with Crippen molar-refractivity contribution >= 4 is 33.7 Å². The second kappa shape index (κ2) is 7.04. The summed E-state index contributed by atoms with van der Waals surface area (Å²) in [5, 5.41) is 2.48. The molecule has 3 N–H and O–H groups in total. The number of amides is 2. The lowest BCUT2D eigenvalue weighted by molar-refractivity contribution is -0.155. The van der Waals surface area contributed by atoms with E-state index in [0.717, 1.165) is 4.47 Å². The van der Waals surface area contributed by atoms with Gasteiger partial charge in [-0.05, 0) is 38.1 Å². The molecule has 2 amide bonds. The molecule has 1 rings (SSSR count). The van der Waals surface area contributed by atoms with Crippen LogP contribution in [0.25, 0.3) is 0 Å². The number of nitrogens with two attached hydrogens (primary N) is 1. The summed E-state index contributed by atoms with van der Waals surface area (Å²) in [7, 11) is 0. The molecule has 1 aromatic carbocycles. The fraction of sp³-hybridized carbons (Fsp3) is 0.308. The molecule has 0 aliphatic carbocycles. The van der Waals surface area contributed by atoms with Gasteiger partial charge in [0.25, 0.3) is 11.8 Å². The average Bonchev–Trinajstić information content (AvgIpc) is 2.38. The molecule has 1 aromatic rings. The molecule has 0 bridgehead atoms. The van der Waals surface area contributed by atoms with Crippen LogP contribution in [-0.4, -0.2) is 29.9 Å².